The minimum Gasteiger partial charge on any atom is -0.496 e. The number of amidine groups is 2. The number of rotatable bonds is 6. The minimum atomic E-state index is -0.359. The van der Waals surface area contributed by atoms with Gasteiger partial charge in [-0.15, -0.1) is 0 Å². The molecular formula is C35H30N6O3. The molecule has 1 N–H and O–H groups in total. The SMILES string of the molecule is CCOC(=O)c1ccc(NC2=Nc3ccccc3N3C2=Nc2c(c(C)nn2-c2ccccc2)C3c2ccccc2OC)cc1. The summed E-state index contributed by atoms with van der Waals surface area (Å²) in [5.74, 6) is 2.33. The fourth-order valence-electron chi connectivity index (χ4n) is 5.77. The number of aryl methyl sites for hydroxylation is 1. The Hall–Kier alpha value is -5.70. The van der Waals surface area contributed by atoms with Crippen LogP contribution in [0.2, 0.25) is 0 Å². The van der Waals surface area contributed by atoms with Crippen LogP contribution in [0.5, 0.6) is 5.75 Å². The van der Waals surface area contributed by atoms with Gasteiger partial charge < -0.3 is 19.7 Å². The first-order chi connectivity index (χ1) is 21.6. The van der Waals surface area contributed by atoms with E-state index in [-0.39, 0.29) is 12.0 Å². The molecule has 7 rings (SSSR count). The average Bonchev–Trinajstić information content (AvgIpc) is 3.40. The van der Waals surface area contributed by atoms with E-state index in [1.807, 2.05) is 90.5 Å². The molecule has 3 heterocycles. The molecule has 0 spiro atoms. The number of anilines is 2. The Bertz CT molecular complexity index is 1930. The predicted molar refractivity (Wildman–Crippen MR) is 172 cm³/mol. The maximum Gasteiger partial charge on any atom is 0.338 e. The molecule has 1 unspecified atom stereocenters. The molecule has 1 aromatic heterocycles. The van der Waals surface area contributed by atoms with Gasteiger partial charge in [0.2, 0.25) is 0 Å². The van der Waals surface area contributed by atoms with Crippen LogP contribution >= 0.6 is 0 Å². The van der Waals surface area contributed by atoms with E-state index < -0.39 is 0 Å². The summed E-state index contributed by atoms with van der Waals surface area (Å²) in [7, 11) is 1.69. The fraction of sp³-hybridized carbons (Fsp3) is 0.143. The van der Waals surface area contributed by atoms with Gasteiger partial charge in [-0.3, -0.25) is 0 Å². The smallest absolute Gasteiger partial charge is 0.338 e. The first-order valence-corrected chi connectivity index (χ1v) is 14.5. The maximum atomic E-state index is 12.3. The van der Waals surface area contributed by atoms with Gasteiger partial charge in [0.25, 0.3) is 0 Å². The number of hydrogen-bond donors (Lipinski definition) is 1. The summed E-state index contributed by atoms with van der Waals surface area (Å²) < 4.78 is 13.0. The molecule has 0 bridgehead atoms. The second-order valence-corrected chi connectivity index (χ2v) is 10.4. The van der Waals surface area contributed by atoms with Crippen LogP contribution in [0, 0.1) is 6.92 Å². The monoisotopic (exact) mass is 582 g/mol. The van der Waals surface area contributed by atoms with Crippen LogP contribution in [0.15, 0.2) is 113 Å². The number of aliphatic imine (C=N–C) groups is 2. The van der Waals surface area contributed by atoms with Gasteiger partial charge >= 0.3 is 5.97 Å². The first kappa shape index (κ1) is 27.2. The van der Waals surface area contributed by atoms with Crippen molar-refractivity contribution in [1.82, 2.24) is 9.78 Å². The van der Waals surface area contributed by atoms with E-state index in [2.05, 4.69) is 22.3 Å². The van der Waals surface area contributed by atoms with Crippen molar-refractivity contribution >= 4 is 40.5 Å². The number of carbonyl (C=O) groups is 1. The van der Waals surface area contributed by atoms with E-state index in [9.17, 15) is 4.79 Å². The highest BCUT2D eigenvalue weighted by atomic mass is 16.5. The summed E-state index contributed by atoms with van der Waals surface area (Å²) in [6, 6.07) is 32.9. The van der Waals surface area contributed by atoms with Crippen LogP contribution in [0.3, 0.4) is 0 Å². The lowest BCUT2D eigenvalue weighted by Crippen LogP contribution is -2.46. The first-order valence-electron chi connectivity index (χ1n) is 14.5. The number of methoxy groups -OCH3 is 1. The molecule has 218 valence electrons. The van der Waals surface area contributed by atoms with Crippen LogP contribution in [0.25, 0.3) is 5.69 Å². The van der Waals surface area contributed by atoms with Crippen molar-refractivity contribution in [2.45, 2.75) is 19.9 Å². The molecule has 0 radical (unpaired) electrons. The number of nitrogens with one attached hydrogen (secondary N) is 1. The van der Waals surface area contributed by atoms with Crippen molar-refractivity contribution in [1.29, 1.82) is 0 Å². The summed E-state index contributed by atoms with van der Waals surface area (Å²) >= 11 is 0. The van der Waals surface area contributed by atoms with Crippen molar-refractivity contribution in [3.63, 3.8) is 0 Å². The lowest BCUT2D eigenvalue weighted by molar-refractivity contribution is 0.0526. The van der Waals surface area contributed by atoms with Gasteiger partial charge in [-0.25, -0.2) is 19.5 Å². The molecular weight excluding hydrogens is 552 g/mol. The molecule has 0 saturated carbocycles. The Morgan fingerprint density at radius 1 is 0.886 bits per heavy atom. The van der Waals surface area contributed by atoms with E-state index in [0.717, 1.165) is 51.1 Å². The van der Waals surface area contributed by atoms with Crippen molar-refractivity contribution < 1.29 is 14.3 Å². The zero-order valence-corrected chi connectivity index (χ0v) is 24.6. The lowest BCUT2D eigenvalue weighted by Gasteiger charge is -2.41. The zero-order chi connectivity index (χ0) is 30.2. The summed E-state index contributed by atoms with van der Waals surface area (Å²) in [6.45, 7) is 4.13. The van der Waals surface area contributed by atoms with Crippen molar-refractivity contribution in [2.24, 2.45) is 9.98 Å². The van der Waals surface area contributed by atoms with E-state index in [4.69, 9.17) is 24.6 Å². The molecule has 2 aliphatic heterocycles. The molecule has 44 heavy (non-hydrogen) atoms. The zero-order valence-electron chi connectivity index (χ0n) is 24.6. The number of fused-ring (bicyclic) bond motifs is 4. The normalized spacial score (nSPS) is 14.9. The van der Waals surface area contributed by atoms with Gasteiger partial charge in [0.1, 0.15) is 5.75 Å². The van der Waals surface area contributed by atoms with Crippen LogP contribution in [0.4, 0.5) is 22.9 Å². The molecule has 4 aromatic carbocycles. The quantitative estimate of drug-likeness (QED) is 0.214. The van der Waals surface area contributed by atoms with Gasteiger partial charge in [-0.1, -0.05) is 48.5 Å². The van der Waals surface area contributed by atoms with Crippen molar-refractivity contribution in [3.8, 4) is 11.4 Å². The summed E-state index contributed by atoms with van der Waals surface area (Å²) in [6.07, 6.45) is 0. The molecule has 0 amide bonds. The molecule has 0 saturated heterocycles. The van der Waals surface area contributed by atoms with Crippen LogP contribution < -0.4 is 15.0 Å². The fourth-order valence-corrected chi connectivity index (χ4v) is 5.77. The lowest BCUT2D eigenvalue weighted by atomic mass is 9.92. The second-order valence-electron chi connectivity index (χ2n) is 10.4. The number of para-hydroxylation sites is 4. The third-order valence-corrected chi connectivity index (χ3v) is 7.73. The molecule has 0 aliphatic carbocycles. The highest BCUT2D eigenvalue weighted by Crippen LogP contribution is 2.49. The number of nitrogens with zero attached hydrogens (tertiary/aromatic N) is 5. The topological polar surface area (TPSA) is 93.3 Å². The standard InChI is InChI=1S/C35H30N6O3/c1-4-44-35(42)23-18-20-24(21-19-23)36-32-34-38-33-30(22(2)39-41(33)25-12-6-5-7-13-25)31(26-14-8-11-17-29(26)43-3)40(34)28-16-10-9-15-27(28)37-32/h5-21,31H,4H2,1-3H3,(H,36,37). The number of hydrogen-bond acceptors (Lipinski definition) is 8. The second kappa shape index (κ2) is 11.2. The highest BCUT2D eigenvalue weighted by molar-refractivity contribution is 6.51. The Kier molecular flexibility index (Phi) is 6.90. The number of ether oxygens (including phenoxy) is 2. The molecule has 9 heteroatoms. The molecule has 9 nitrogen and oxygen atoms in total. The number of benzene rings is 4. The average molecular weight is 583 g/mol. The van der Waals surface area contributed by atoms with E-state index in [1.165, 1.54) is 0 Å². The molecule has 2 aliphatic rings. The van der Waals surface area contributed by atoms with Crippen molar-refractivity contribution in [3.05, 3.63) is 126 Å². The summed E-state index contributed by atoms with van der Waals surface area (Å²) in [5.41, 5.74) is 6.69. The van der Waals surface area contributed by atoms with Crippen LogP contribution in [-0.2, 0) is 4.74 Å². The van der Waals surface area contributed by atoms with Gasteiger partial charge in [0, 0.05) is 16.8 Å². The van der Waals surface area contributed by atoms with Gasteiger partial charge in [0.05, 0.1) is 48.1 Å². The number of esters is 1. The van der Waals surface area contributed by atoms with Crippen LogP contribution in [0.1, 0.15) is 40.1 Å². The summed E-state index contributed by atoms with van der Waals surface area (Å²) in [4.78, 5) is 24.8. The van der Waals surface area contributed by atoms with Gasteiger partial charge in [-0.2, -0.15) is 5.10 Å². The third kappa shape index (κ3) is 4.59. The van der Waals surface area contributed by atoms with Gasteiger partial charge in [0.15, 0.2) is 17.5 Å². The van der Waals surface area contributed by atoms with E-state index >= 15 is 0 Å². The summed E-state index contributed by atoms with van der Waals surface area (Å²) in [5, 5.41) is 8.48. The Morgan fingerprint density at radius 3 is 2.39 bits per heavy atom. The maximum absolute atomic E-state index is 12.3. The Balaban J connectivity index is 1.43. The number of carbonyl (C=O) groups excluding carboxylic acids is 1. The largest absolute Gasteiger partial charge is 0.496 e. The third-order valence-electron chi connectivity index (χ3n) is 7.73. The predicted octanol–water partition coefficient (Wildman–Crippen LogP) is 7.16. The van der Waals surface area contributed by atoms with Crippen molar-refractivity contribution in [2.75, 3.05) is 23.9 Å². The Morgan fingerprint density at radius 2 is 1.61 bits per heavy atom. The van der Waals surface area contributed by atoms with Gasteiger partial charge in [-0.05, 0) is 68.4 Å². The Labute approximate surface area is 255 Å². The minimum absolute atomic E-state index is 0.314. The molecule has 5 aromatic rings. The highest BCUT2D eigenvalue weighted by Gasteiger charge is 2.42. The van der Waals surface area contributed by atoms with Crippen LogP contribution in [-0.4, -0.2) is 41.1 Å². The number of aromatic nitrogens is 2. The van der Waals surface area contributed by atoms with E-state index in [1.54, 1.807) is 26.2 Å². The van der Waals surface area contributed by atoms with E-state index in [0.29, 0.717) is 23.8 Å². The molecule has 0 fully saturated rings. The molecule has 1 atom stereocenters.